The molecule has 3 rings (SSSR count). The second-order valence-corrected chi connectivity index (χ2v) is 5.19. The highest BCUT2D eigenvalue weighted by atomic mass is 35.5. The van der Waals surface area contributed by atoms with Crippen LogP contribution in [0, 0.1) is 0 Å². The van der Waals surface area contributed by atoms with Gasteiger partial charge in [0.15, 0.2) is 0 Å². The van der Waals surface area contributed by atoms with Crippen molar-refractivity contribution in [2.45, 2.75) is 0 Å². The Balaban J connectivity index is 2.11. The zero-order valence-corrected chi connectivity index (χ0v) is 11.9. The van der Waals surface area contributed by atoms with Gasteiger partial charge in [0.1, 0.15) is 11.5 Å². The van der Waals surface area contributed by atoms with Crippen LogP contribution in [-0.4, -0.2) is 10.2 Å². The van der Waals surface area contributed by atoms with Crippen LogP contribution < -0.4 is 0 Å². The van der Waals surface area contributed by atoms with E-state index in [1.54, 1.807) is 36.4 Å². The van der Waals surface area contributed by atoms with Crippen LogP contribution in [-0.2, 0) is 0 Å². The van der Waals surface area contributed by atoms with Crippen LogP contribution >= 0.6 is 11.6 Å². The second-order valence-electron chi connectivity index (χ2n) is 4.76. The minimum atomic E-state index is 0.148. The number of hydrogen-bond donors (Lipinski definition) is 2. The molecule has 0 bridgehead atoms. The lowest BCUT2D eigenvalue weighted by atomic mass is 10.0. The van der Waals surface area contributed by atoms with Gasteiger partial charge in [-0.25, -0.2) is 0 Å². The van der Waals surface area contributed by atoms with Crippen LogP contribution in [0.25, 0.3) is 22.9 Å². The number of halogens is 1. The third-order valence-electron chi connectivity index (χ3n) is 3.37. The van der Waals surface area contributed by atoms with Gasteiger partial charge >= 0.3 is 0 Å². The Morgan fingerprint density at radius 2 is 1.57 bits per heavy atom. The van der Waals surface area contributed by atoms with Gasteiger partial charge in [0.25, 0.3) is 0 Å². The van der Waals surface area contributed by atoms with E-state index in [0.29, 0.717) is 16.1 Å². The van der Waals surface area contributed by atoms with Crippen molar-refractivity contribution in [3.8, 4) is 11.5 Å². The van der Waals surface area contributed by atoms with E-state index in [2.05, 4.69) is 0 Å². The first-order valence-corrected chi connectivity index (χ1v) is 6.90. The summed E-state index contributed by atoms with van der Waals surface area (Å²) in [6.07, 6.45) is 3.52. The van der Waals surface area contributed by atoms with Crippen molar-refractivity contribution in [3.63, 3.8) is 0 Å². The summed E-state index contributed by atoms with van der Waals surface area (Å²) in [6, 6.07) is 16.2. The maximum atomic E-state index is 10.1. The molecule has 3 heteroatoms. The molecule has 0 saturated carbocycles. The van der Waals surface area contributed by atoms with Gasteiger partial charge in [0, 0.05) is 16.1 Å². The summed E-state index contributed by atoms with van der Waals surface area (Å²) in [5.41, 5.74) is 1.32. The van der Waals surface area contributed by atoms with Gasteiger partial charge in [0.2, 0.25) is 0 Å². The lowest BCUT2D eigenvalue weighted by Crippen LogP contribution is -1.80. The van der Waals surface area contributed by atoms with Gasteiger partial charge in [-0.15, -0.1) is 0 Å². The minimum absolute atomic E-state index is 0.148. The second kappa shape index (κ2) is 5.51. The molecule has 0 fully saturated rings. The fraction of sp³-hybridized carbons (Fsp3) is 0. The van der Waals surface area contributed by atoms with E-state index >= 15 is 0 Å². The molecule has 0 aliphatic heterocycles. The van der Waals surface area contributed by atoms with Crippen molar-refractivity contribution >= 4 is 34.5 Å². The molecule has 21 heavy (non-hydrogen) atoms. The Morgan fingerprint density at radius 3 is 2.43 bits per heavy atom. The predicted octanol–water partition coefficient (Wildman–Crippen LogP) is 5.07. The van der Waals surface area contributed by atoms with Crippen molar-refractivity contribution in [3.05, 3.63) is 70.7 Å². The molecule has 0 spiro atoms. The van der Waals surface area contributed by atoms with E-state index in [0.717, 1.165) is 10.8 Å². The first-order chi connectivity index (χ1) is 10.1. The van der Waals surface area contributed by atoms with Gasteiger partial charge in [-0.2, -0.15) is 0 Å². The average Bonchev–Trinajstić information content (AvgIpc) is 2.49. The van der Waals surface area contributed by atoms with Crippen LogP contribution in [0.5, 0.6) is 11.5 Å². The fourth-order valence-electron chi connectivity index (χ4n) is 2.29. The van der Waals surface area contributed by atoms with Gasteiger partial charge in [-0.1, -0.05) is 48.0 Å². The SMILES string of the molecule is Oc1ccc(Cl)cc1/C=C/c1c(O)ccc2ccccc12. The summed E-state index contributed by atoms with van der Waals surface area (Å²) in [5.74, 6) is 0.349. The van der Waals surface area contributed by atoms with E-state index in [9.17, 15) is 10.2 Å². The van der Waals surface area contributed by atoms with E-state index in [4.69, 9.17) is 11.6 Å². The van der Waals surface area contributed by atoms with E-state index < -0.39 is 0 Å². The summed E-state index contributed by atoms with van der Waals surface area (Å²) >= 11 is 5.93. The van der Waals surface area contributed by atoms with E-state index in [-0.39, 0.29) is 11.5 Å². The van der Waals surface area contributed by atoms with Crippen LogP contribution in [0.4, 0.5) is 0 Å². The summed E-state index contributed by atoms with van der Waals surface area (Å²) in [5, 5.41) is 22.4. The molecule has 0 unspecified atom stereocenters. The molecule has 0 aromatic heterocycles. The molecule has 104 valence electrons. The number of phenolic OH excluding ortho intramolecular Hbond substituents is 2. The number of hydrogen-bond acceptors (Lipinski definition) is 2. The Bertz CT molecular complexity index is 838. The van der Waals surface area contributed by atoms with Gasteiger partial charge < -0.3 is 10.2 Å². The first-order valence-electron chi connectivity index (χ1n) is 6.52. The Kier molecular flexibility index (Phi) is 3.55. The topological polar surface area (TPSA) is 40.5 Å². The summed E-state index contributed by atoms with van der Waals surface area (Å²) in [7, 11) is 0. The molecule has 0 aliphatic carbocycles. The Labute approximate surface area is 127 Å². The molecule has 2 nitrogen and oxygen atoms in total. The maximum Gasteiger partial charge on any atom is 0.123 e. The van der Waals surface area contributed by atoms with E-state index in [1.807, 2.05) is 30.3 Å². The number of rotatable bonds is 2. The molecule has 0 saturated heterocycles. The highest BCUT2D eigenvalue weighted by Gasteiger charge is 2.04. The van der Waals surface area contributed by atoms with Crippen LogP contribution in [0.3, 0.4) is 0 Å². The summed E-state index contributed by atoms with van der Waals surface area (Å²) in [4.78, 5) is 0. The van der Waals surface area contributed by atoms with Crippen molar-refractivity contribution in [2.75, 3.05) is 0 Å². The van der Waals surface area contributed by atoms with Crippen LogP contribution in [0.15, 0.2) is 54.6 Å². The minimum Gasteiger partial charge on any atom is -0.507 e. The van der Waals surface area contributed by atoms with Gasteiger partial charge in [-0.05, 0) is 41.1 Å². The first kappa shape index (κ1) is 13.5. The molecule has 0 radical (unpaired) electrons. The number of fused-ring (bicyclic) bond motifs is 1. The average molecular weight is 297 g/mol. The number of benzene rings is 3. The lowest BCUT2D eigenvalue weighted by Gasteiger charge is -2.05. The maximum absolute atomic E-state index is 10.1. The summed E-state index contributed by atoms with van der Waals surface area (Å²) in [6.45, 7) is 0. The molecule has 0 heterocycles. The molecular weight excluding hydrogens is 284 g/mol. The highest BCUT2D eigenvalue weighted by molar-refractivity contribution is 6.30. The summed E-state index contributed by atoms with van der Waals surface area (Å²) < 4.78 is 0. The number of aromatic hydroxyl groups is 2. The molecular formula is C18H13ClO2. The Hall–Kier alpha value is -2.45. The smallest absolute Gasteiger partial charge is 0.123 e. The van der Waals surface area contributed by atoms with Crippen LogP contribution in [0.2, 0.25) is 5.02 Å². The van der Waals surface area contributed by atoms with Crippen molar-refractivity contribution in [1.29, 1.82) is 0 Å². The van der Waals surface area contributed by atoms with Crippen LogP contribution in [0.1, 0.15) is 11.1 Å². The zero-order chi connectivity index (χ0) is 14.8. The third kappa shape index (κ3) is 2.71. The monoisotopic (exact) mass is 296 g/mol. The molecule has 3 aromatic carbocycles. The molecule has 2 N–H and O–H groups in total. The van der Waals surface area contributed by atoms with Crippen molar-refractivity contribution < 1.29 is 10.2 Å². The largest absolute Gasteiger partial charge is 0.507 e. The molecule has 0 atom stereocenters. The molecule has 3 aromatic rings. The van der Waals surface area contributed by atoms with Crippen molar-refractivity contribution in [2.24, 2.45) is 0 Å². The normalized spacial score (nSPS) is 11.3. The predicted molar refractivity (Wildman–Crippen MR) is 87.7 cm³/mol. The number of phenols is 2. The van der Waals surface area contributed by atoms with Gasteiger partial charge in [-0.3, -0.25) is 0 Å². The molecule has 0 amide bonds. The fourth-order valence-corrected chi connectivity index (χ4v) is 2.47. The highest BCUT2D eigenvalue weighted by Crippen LogP contribution is 2.30. The molecule has 0 aliphatic rings. The zero-order valence-electron chi connectivity index (χ0n) is 11.1. The van der Waals surface area contributed by atoms with E-state index in [1.165, 1.54) is 0 Å². The quantitative estimate of drug-likeness (QED) is 0.648. The lowest BCUT2D eigenvalue weighted by molar-refractivity contribution is 0.473. The van der Waals surface area contributed by atoms with Crippen molar-refractivity contribution in [1.82, 2.24) is 0 Å². The van der Waals surface area contributed by atoms with Gasteiger partial charge in [0.05, 0.1) is 0 Å². The standard InChI is InChI=1S/C18H13ClO2/c19-14-7-10-17(20)13(11-14)5-8-16-15-4-2-1-3-12(15)6-9-18(16)21/h1-11,20-21H/b8-5+. The Morgan fingerprint density at radius 1 is 0.810 bits per heavy atom. The third-order valence-corrected chi connectivity index (χ3v) is 3.60.